The van der Waals surface area contributed by atoms with Crippen molar-refractivity contribution in [1.29, 1.82) is 0 Å². The van der Waals surface area contributed by atoms with E-state index >= 15 is 0 Å². The maximum atomic E-state index is 12.2. The number of esters is 1. The van der Waals surface area contributed by atoms with Crippen LogP contribution in [0.2, 0.25) is 0 Å². The van der Waals surface area contributed by atoms with Crippen molar-refractivity contribution in [3.63, 3.8) is 0 Å². The van der Waals surface area contributed by atoms with E-state index in [1.54, 1.807) is 12.0 Å². The average Bonchev–Trinajstić information content (AvgIpc) is 2.70. The van der Waals surface area contributed by atoms with Crippen LogP contribution in [0.25, 0.3) is 0 Å². The Bertz CT molecular complexity index is 464. The summed E-state index contributed by atoms with van der Waals surface area (Å²) in [5, 5.41) is 11.2. The van der Waals surface area contributed by atoms with Crippen LogP contribution in [0.5, 0.6) is 0 Å². The Morgan fingerprint density at radius 1 is 1.45 bits per heavy atom. The van der Waals surface area contributed by atoms with Gasteiger partial charge >= 0.3 is 5.97 Å². The molecule has 0 aliphatic carbocycles. The second kappa shape index (κ2) is 5.91. The van der Waals surface area contributed by atoms with Crippen LogP contribution in [-0.4, -0.2) is 41.5 Å². The summed E-state index contributed by atoms with van der Waals surface area (Å²) in [7, 11) is 1.35. The number of benzene rings is 1. The highest BCUT2D eigenvalue weighted by Crippen LogP contribution is 2.38. The third-order valence-electron chi connectivity index (χ3n) is 4.06. The van der Waals surface area contributed by atoms with Crippen molar-refractivity contribution in [1.82, 2.24) is 5.06 Å². The molecule has 1 aromatic rings. The summed E-state index contributed by atoms with van der Waals surface area (Å²) >= 11 is 0. The molecule has 0 spiro atoms. The van der Waals surface area contributed by atoms with Gasteiger partial charge in [-0.15, -0.1) is 0 Å². The predicted octanol–water partition coefficient (Wildman–Crippen LogP) is 1.36. The van der Waals surface area contributed by atoms with Crippen LogP contribution >= 0.6 is 0 Å². The Morgan fingerprint density at radius 2 is 2.10 bits per heavy atom. The molecule has 3 atom stereocenters. The molecule has 1 saturated heterocycles. The van der Waals surface area contributed by atoms with Crippen molar-refractivity contribution in [3.8, 4) is 0 Å². The molecule has 1 aliphatic rings. The Hall–Kier alpha value is -1.43. The van der Waals surface area contributed by atoms with E-state index in [0.29, 0.717) is 6.54 Å². The molecule has 0 amide bonds. The van der Waals surface area contributed by atoms with Crippen molar-refractivity contribution in [2.24, 2.45) is 5.92 Å². The van der Waals surface area contributed by atoms with Gasteiger partial charge in [-0.3, -0.25) is 4.84 Å². The van der Waals surface area contributed by atoms with Crippen LogP contribution in [0.4, 0.5) is 0 Å². The zero-order valence-electron chi connectivity index (χ0n) is 12.1. The summed E-state index contributed by atoms with van der Waals surface area (Å²) in [6.45, 7) is 3.95. The number of nitrogens with zero attached hydrogens (tertiary/aromatic N) is 1. The van der Waals surface area contributed by atoms with Gasteiger partial charge in [0.05, 0.1) is 26.4 Å². The van der Waals surface area contributed by atoms with E-state index < -0.39 is 11.5 Å². The van der Waals surface area contributed by atoms with E-state index in [1.165, 1.54) is 7.11 Å². The Morgan fingerprint density at radius 3 is 2.65 bits per heavy atom. The number of rotatable bonds is 4. The molecule has 0 radical (unpaired) electrons. The molecule has 1 fully saturated rings. The smallest absolute Gasteiger partial charge is 0.328 e. The maximum Gasteiger partial charge on any atom is 0.328 e. The van der Waals surface area contributed by atoms with Crippen molar-refractivity contribution >= 4 is 5.97 Å². The summed E-state index contributed by atoms with van der Waals surface area (Å²) in [4.78, 5) is 18.0. The second-order valence-electron chi connectivity index (χ2n) is 5.26. The molecule has 1 heterocycles. The van der Waals surface area contributed by atoms with E-state index in [1.807, 2.05) is 37.3 Å². The van der Waals surface area contributed by atoms with Crippen molar-refractivity contribution in [2.45, 2.75) is 32.0 Å². The fourth-order valence-corrected chi connectivity index (χ4v) is 2.76. The van der Waals surface area contributed by atoms with Crippen LogP contribution < -0.4 is 0 Å². The van der Waals surface area contributed by atoms with Gasteiger partial charge in [0, 0.05) is 5.92 Å². The monoisotopic (exact) mass is 279 g/mol. The van der Waals surface area contributed by atoms with Crippen LogP contribution in [0.15, 0.2) is 30.3 Å². The molecule has 1 N–H and O–H groups in total. The average molecular weight is 279 g/mol. The van der Waals surface area contributed by atoms with Crippen molar-refractivity contribution in [3.05, 3.63) is 35.9 Å². The Balaban J connectivity index is 2.28. The number of hydrogen-bond acceptors (Lipinski definition) is 5. The van der Waals surface area contributed by atoms with Crippen LogP contribution in [0, 0.1) is 5.92 Å². The molecule has 20 heavy (non-hydrogen) atoms. The van der Waals surface area contributed by atoms with Crippen LogP contribution in [0.1, 0.15) is 19.4 Å². The maximum absolute atomic E-state index is 12.2. The van der Waals surface area contributed by atoms with Gasteiger partial charge in [0.25, 0.3) is 0 Å². The number of aliphatic hydroxyl groups excluding tert-OH is 1. The summed E-state index contributed by atoms with van der Waals surface area (Å²) < 4.78 is 4.91. The molecule has 110 valence electrons. The standard InChI is InChI=1S/C15H21NO4/c1-11-13(10-17)15(2,14(18)19-3)16(20-11)9-12-7-5-4-6-8-12/h4-8,11,13,17H,9-10H2,1-3H3/t11-,13-,15-/m1/s1. The van der Waals surface area contributed by atoms with Crippen molar-refractivity contribution < 1.29 is 19.5 Å². The zero-order valence-corrected chi connectivity index (χ0v) is 12.1. The lowest BCUT2D eigenvalue weighted by Crippen LogP contribution is -2.53. The number of ether oxygens (including phenoxy) is 1. The first-order chi connectivity index (χ1) is 9.53. The molecule has 5 nitrogen and oxygen atoms in total. The van der Waals surface area contributed by atoms with Gasteiger partial charge in [0.1, 0.15) is 5.54 Å². The van der Waals surface area contributed by atoms with Gasteiger partial charge in [0.2, 0.25) is 0 Å². The molecule has 2 rings (SSSR count). The molecule has 0 unspecified atom stereocenters. The number of hydrogen-bond donors (Lipinski definition) is 1. The second-order valence-corrected chi connectivity index (χ2v) is 5.26. The highest BCUT2D eigenvalue weighted by molar-refractivity contribution is 5.81. The predicted molar refractivity (Wildman–Crippen MR) is 73.5 cm³/mol. The van der Waals surface area contributed by atoms with Gasteiger partial charge in [-0.1, -0.05) is 30.3 Å². The molecule has 0 saturated carbocycles. The van der Waals surface area contributed by atoms with E-state index in [9.17, 15) is 9.90 Å². The highest BCUT2D eigenvalue weighted by atomic mass is 16.7. The quantitative estimate of drug-likeness (QED) is 0.843. The first-order valence-corrected chi connectivity index (χ1v) is 6.71. The summed E-state index contributed by atoms with van der Waals surface area (Å²) in [6.07, 6.45) is -0.243. The zero-order chi connectivity index (χ0) is 14.8. The fourth-order valence-electron chi connectivity index (χ4n) is 2.76. The minimum absolute atomic E-state index is 0.127. The van der Waals surface area contributed by atoms with E-state index in [2.05, 4.69) is 0 Å². The van der Waals surface area contributed by atoms with Gasteiger partial charge < -0.3 is 9.84 Å². The Labute approximate surface area is 119 Å². The van der Waals surface area contributed by atoms with Crippen LogP contribution in [0.3, 0.4) is 0 Å². The minimum Gasteiger partial charge on any atom is -0.468 e. The SMILES string of the molecule is COC(=O)[C@@]1(C)[C@H](CO)[C@@H](C)ON1Cc1ccccc1. The molecular formula is C15H21NO4. The summed E-state index contributed by atoms with van der Waals surface area (Å²) in [5.74, 6) is -0.713. The molecule has 1 aromatic carbocycles. The largest absolute Gasteiger partial charge is 0.468 e. The fraction of sp³-hybridized carbons (Fsp3) is 0.533. The number of methoxy groups -OCH3 is 1. The van der Waals surface area contributed by atoms with Gasteiger partial charge in [0.15, 0.2) is 0 Å². The lowest BCUT2D eigenvalue weighted by atomic mass is 9.83. The van der Waals surface area contributed by atoms with Gasteiger partial charge in [-0.25, -0.2) is 4.79 Å². The van der Waals surface area contributed by atoms with E-state index in [-0.39, 0.29) is 18.6 Å². The number of hydroxylamine groups is 2. The molecule has 5 heteroatoms. The molecule has 1 aliphatic heterocycles. The van der Waals surface area contributed by atoms with Crippen LogP contribution in [-0.2, 0) is 20.9 Å². The topological polar surface area (TPSA) is 59.0 Å². The highest BCUT2D eigenvalue weighted by Gasteiger charge is 2.56. The third kappa shape index (κ3) is 2.44. The van der Waals surface area contributed by atoms with Crippen molar-refractivity contribution in [2.75, 3.05) is 13.7 Å². The molecule has 0 aromatic heterocycles. The molecular weight excluding hydrogens is 258 g/mol. The first-order valence-electron chi connectivity index (χ1n) is 6.71. The molecule has 0 bridgehead atoms. The Kier molecular flexibility index (Phi) is 4.42. The van der Waals surface area contributed by atoms with Gasteiger partial charge in [-0.05, 0) is 19.4 Å². The number of aliphatic hydroxyl groups is 1. The third-order valence-corrected chi connectivity index (χ3v) is 4.06. The van der Waals surface area contributed by atoms with E-state index in [4.69, 9.17) is 9.57 Å². The first kappa shape index (κ1) is 15.0. The lowest BCUT2D eigenvalue weighted by Gasteiger charge is -2.33. The minimum atomic E-state index is -0.987. The van der Waals surface area contributed by atoms with Gasteiger partial charge in [-0.2, -0.15) is 5.06 Å². The normalized spacial score (nSPS) is 30.4. The number of carbonyl (C=O) groups excluding carboxylic acids is 1. The summed E-state index contributed by atoms with van der Waals surface area (Å²) in [6, 6.07) is 9.75. The lowest BCUT2D eigenvalue weighted by molar-refractivity contribution is -0.202. The number of carbonyl (C=O) groups is 1. The summed E-state index contributed by atoms with van der Waals surface area (Å²) in [5.41, 5.74) is 0.0482. The van der Waals surface area contributed by atoms with E-state index in [0.717, 1.165) is 5.56 Å².